The Morgan fingerprint density at radius 3 is 2.54 bits per heavy atom. The molecule has 150 valence electrons. The lowest BCUT2D eigenvalue weighted by molar-refractivity contribution is 0.105. The molecule has 1 aliphatic heterocycles. The summed E-state index contributed by atoms with van der Waals surface area (Å²) in [6.45, 7) is 11.4. The van der Waals surface area contributed by atoms with Crippen LogP contribution in [0.15, 0.2) is 36.5 Å². The van der Waals surface area contributed by atoms with Crippen molar-refractivity contribution in [1.82, 2.24) is 14.9 Å². The lowest BCUT2D eigenvalue weighted by Crippen LogP contribution is -2.49. The maximum absolute atomic E-state index is 11.9. The van der Waals surface area contributed by atoms with Crippen LogP contribution in [-0.2, 0) is 10.2 Å². The Morgan fingerprint density at radius 2 is 1.86 bits per heavy atom. The molecule has 0 saturated carbocycles. The summed E-state index contributed by atoms with van der Waals surface area (Å²) in [6.07, 6.45) is 1.51. The van der Waals surface area contributed by atoms with E-state index >= 15 is 0 Å². The number of anilines is 3. The molecule has 1 amide bonds. The molecule has 7 nitrogen and oxygen atoms in total. The first-order chi connectivity index (χ1) is 13.4. The highest BCUT2D eigenvalue weighted by Gasteiger charge is 2.23. The van der Waals surface area contributed by atoms with E-state index < -0.39 is 0 Å². The van der Waals surface area contributed by atoms with Crippen LogP contribution in [0.5, 0.6) is 0 Å². The minimum Gasteiger partial charge on any atom is -0.450 e. The van der Waals surface area contributed by atoms with E-state index in [9.17, 15) is 4.79 Å². The quantitative estimate of drug-likeness (QED) is 0.866. The summed E-state index contributed by atoms with van der Waals surface area (Å²) < 4.78 is 5.07. The van der Waals surface area contributed by atoms with Crippen LogP contribution in [-0.4, -0.2) is 53.7 Å². The number of carbonyl (C=O) groups excluding carboxylic acids is 1. The van der Waals surface area contributed by atoms with Crippen LogP contribution < -0.4 is 10.2 Å². The van der Waals surface area contributed by atoms with Crippen molar-refractivity contribution in [3.8, 4) is 0 Å². The maximum Gasteiger partial charge on any atom is 0.409 e. The zero-order valence-electron chi connectivity index (χ0n) is 17.1. The highest BCUT2D eigenvalue weighted by molar-refractivity contribution is 5.68. The summed E-state index contributed by atoms with van der Waals surface area (Å²) in [6, 6.07) is 10.2. The number of nitrogens with one attached hydrogen (secondary N) is 1. The van der Waals surface area contributed by atoms with Crippen molar-refractivity contribution in [2.45, 2.75) is 33.1 Å². The molecule has 0 aliphatic carbocycles. The number of hydrogen-bond acceptors (Lipinski definition) is 6. The molecule has 7 heteroatoms. The molecular weight excluding hydrogens is 354 g/mol. The summed E-state index contributed by atoms with van der Waals surface area (Å²) in [5.74, 6) is 1.43. The summed E-state index contributed by atoms with van der Waals surface area (Å²) in [7, 11) is 0. The summed E-state index contributed by atoms with van der Waals surface area (Å²) in [5, 5.41) is 3.44. The molecular formula is C21H29N5O2. The van der Waals surface area contributed by atoms with Gasteiger partial charge in [0.25, 0.3) is 0 Å². The van der Waals surface area contributed by atoms with Gasteiger partial charge >= 0.3 is 6.09 Å². The van der Waals surface area contributed by atoms with Crippen LogP contribution in [0.2, 0.25) is 0 Å². The second-order valence-corrected chi connectivity index (χ2v) is 7.84. The minimum absolute atomic E-state index is 0.0306. The Balaban J connectivity index is 1.70. The van der Waals surface area contributed by atoms with Crippen LogP contribution in [0, 0.1) is 0 Å². The fraction of sp³-hybridized carbons (Fsp3) is 0.476. The average Bonchev–Trinajstić information content (AvgIpc) is 2.68. The standard InChI is InChI=1S/C21H29N5O2/c1-5-28-20(27)26-14-12-25(13-15-26)19-22-11-10-18(24-19)23-17-9-7-6-8-16(17)21(2,3)4/h6-11H,5,12-15H2,1-4H3,(H,22,23,24). The molecule has 1 aliphatic rings. The van der Waals surface area contributed by atoms with E-state index in [-0.39, 0.29) is 11.5 Å². The van der Waals surface area contributed by atoms with E-state index in [1.165, 1.54) is 5.56 Å². The van der Waals surface area contributed by atoms with Gasteiger partial charge in [0.15, 0.2) is 0 Å². The second kappa shape index (κ2) is 8.46. The van der Waals surface area contributed by atoms with Gasteiger partial charge in [-0.2, -0.15) is 4.98 Å². The topological polar surface area (TPSA) is 70.6 Å². The molecule has 1 fully saturated rings. The smallest absolute Gasteiger partial charge is 0.409 e. The lowest BCUT2D eigenvalue weighted by Gasteiger charge is -2.34. The first kappa shape index (κ1) is 19.9. The number of rotatable bonds is 4. The van der Waals surface area contributed by atoms with E-state index in [1.54, 1.807) is 11.1 Å². The molecule has 0 bridgehead atoms. The van der Waals surface area contributed by atoms with Gasteiger partial charge in [-0.25, -0.2) is 9.78 Å². The number of para-hydroxylation sites is 1. The Hall–Kier alpha value is -2.83. The molecule has 1 saturated heterocycles. The van der Waals surface area contributed by atoms with Crippen LogP contribution in [0.1, 0.15) is 33.3 Å². The van der Waals surface area contributed by atoms with Crippen molar-refractivity contribution in [1.29, 1.82) is 0 Å². The fourth-order valence-corrected chi connectivity index (χ4v) is 3.26. The van der Waals surface area contributed by atoms with E-state index in [0.29, 0.717) is 38.7 Å². The number of nitrogens with zero attached hydrogens (tertiary/aromatic N) is 4. The predicted octanol–water partition coefficient (Wildman–Crippen LogP) is 3.80. The Bertz CT molecular complexity index is 810. The second-order valence-electron chi connectivity index (χ2n) is 7.84. The van der Waals surface area contributed by atoms with Gasteiger partial charge in [-0.3, -0.25) is 0 Å². The highest BCUT2D eigenvalue weighted by atomic mass is 16.6. The lowest BCUT2D eigenvalue weighted by atomic mass is 9.86. The van der Waals surface area contributed by atoms with Gasteiger partial charge in [0.1, 0.15) is 5.82 Å². The number of aromatic nitrogens is 2. The molecule has 2 aromatic rings. The zero-order chi connectivity index (χ0) is 20.1. The number of hydrogen-bond donors (Lipinski definition) is 1. The molecule has 28 heavy (non-hydrogen) atoms. The molecule has 0 atom stereocenters. The van der Waals surface area contributed by atoms with E-state index in [1.807, 2.05) is 19.1 Å². The summed E-state index contributed by atoms with van der Waals surface area (Å²) >= 11 is 0. The molecule has 1 N–H and O–H groups in total. The first-order valence-electron chi connectivity index (χ1n) is 9.74. The van der Waals surface area contributed by atoms with Crippen LogP contribution >= 0.6 is 0 Å². The third-order valence-corrected chi connectivity index (χ3v) is 4.73. The molecule has 0 spiro atoms. The van der Waals surface area contributed by atoms with Crippen molar-refractivity contribution >= 4 is 23.5 Å². The van der Waals surface area contributed by atoms with Gasteiger partial charge in [-0.1, -0.05) is 39.0 Å². The van der Waals surface area contributed by atoms with E-state index in [4.69, 9.17) is 9.72 Å². The number of amides is 1. The third-order valence-electron chi connectivity index (χ3n) is 4.73. The maximum atomic E-state index is 11.9. The fourth-order valence-electron chi connectivity index (χ4n) is 3.26. The normalized spacial score (nSPS) is 14.7. The molecule has 1 aromatic carbocycles. The zero-order valence-corrected chi connectivity index (χ0v) is 17.1. The monoisotopic (exact) mass is 383 g/mol. The van der Waals surface area contributed by atoms with Gasteiger partial charge in [0.2, 0.25) is 5.95 Å². The molecule has 0 radical (unpaired) electrons. The number of benzene rings is 1. The summed E-state index contributed by atoms with van der Waals surface area (Å²) in [5.41, 5.74) is 2.31. The highest BCUT2D eigenvalue weighted by Crippen LogP contribution is 2.31. The third kappa shape index (κ3) is 4.71. The van der Waals surface area contributed by atoms with Crippen molar-refractivity contribution < 1.29 is 9.53 Å². The summed E-state index contributed by atoms with van der Waals surface area (Å²) in [4.78, 5) is 24.8. The number of piperazine rings is 1. The SMILES string of the molecule is CCOC(=O)N1CCN(c2nccc(Nc3ccccc3C(C)(C)C)n2)CC1. The van der Waals surface area contributed by atoms with Gasteiger partial charge < -0.3 is 19.9 Å². The first-order valence-corrected chi connectivity index (χ1v) is 9.74. The van der Waals surface area contributed by atoms with Gasteiger partial charge in [-0.05, 0) is 30.0 Å². The van der Waals surface area contributed by atoms with Crippen molar-refractivity contribution in [2.75, 3.05) is 43.0 Å². The Kier molecular flexibility index (Phi) is 6.02. The molecule has 0 unspecified atom stereocenters. The van der Waals surface area contributed by atoms with Crippen molar-refractivity contribution in [3.05, 3.63) is 42.1 Å². The number of carbonyl (C=O) groups is 1. The van der Waals surface area contributed by atoms with E-state index in [2.05, 4.69) is 54.2 Å². The van der Waals surface area contributed by atoms with Gasteiger partial charge in [-0.15, -0.1) is 0 Å². The van der Waals surface area contributed by atoms with Crippen LogP contribution in [0.4, 0.5) is 22.2 Å². The van der Waals surface area contributed by atoms with Gasteiger partial charge in [0.05, 0.1) is 6.61 Å². The average molecular weight is 383 g/mol. The van der Waals surface area contributed by atoms with E-state index in [0.717, 1.165) is 11.5 Å². The van der Waals surface area contributed by atoms with Crippen molar-refractivity contribution in [3.63, 3.8) is 0 Å². The van der Waals surface area contributed by atoms with Crippen molar-refractivity contribution in [2.24, 2.45) is 0 Å². The Labute approximate surface area is 166 Å². The minimum atomic E-state index is -0.253. The van der Waals surface area contributed by atoms with Crippen LogP contribution in [0.3, 0.4) is 0 Å². The molecule has 2 heterocycles. The molecule has 3 rings (SSSR count). The number of ether oxygens (including phenoxy) is 1. The largest absolute Gasteiger partial charge is 0.450 e. The van der Waals surface area contributed by atoms with Crippen LogP contribution in [0.25, 0.3) is 0 Å². The predicted molar refractivity (Wildman–Crippen MR) is 111 cm³/mol. The van der Waals surface area contributed by atoms with Gasteiger partial charge in [0, 0.05) is 38.1 Å². The molecule has 1 aromatic heterocycles. The Morgan fingerprint density at radius 1 is 1.14 bits per heavy atom.